The summed E-state index contributed by atoms with van der Waals surface area (Å²) in [5.74, 6) is -0.434. The molecule has 9 nitrogen and oxygen atoms in total. The number of rotatable bonds is 10. The number of amides is 2. The highest BCUT2D eigenvalue weighted by Crippen LogP contribution is 2.30. The van der Waals surface area contributed by atoms with Gasteiger partial charge in [0.1, 0.15) is 11.8 Å². The van der Waals surface area contributed by atoms with Crippen LogP contribution < -0.4 is 14.8 Å². The molecule has 1 unspecified atom stereocenters. The summed E-state index contributed by atoms with van der Waals surface area (Å²) in [6.45, 7) is 7.25. The summed E-state index contributed by atoms with van der Waals surface area (Å²) in [7, 11) is 1.31. The Morgan fingerprint density at radius 2 is 1.82 bits per heavy atom. The molecule has 1 N–H and O–H groups in total. The second kappa shape index (κ2) is 11.7. The van der Waals surface area contributed by atoms with Crippen LogP contribution in [0.2, 0.25) is 5.02 Å². The van der Waals surface area contributed by atoms with Crippen molar-refractivity contribution in [2.75, 3.05) is 13.7 Å². The van der Waals surface area contributed by atoms with Crippen LogP contribution in [-0.2, 0) is 16.1 Å². The number of hydrogen-bond acceptors (Lipinski definition) is 6. The van der Waals surface area contributed by atoms with Gasteiger partial charge in [0.05, 0.1) is 12.0 Å². The third kappa shape index (κ3) is 7.62. The van der Waals surface area contributed by atoms with E-state index in [9.17, 15) is 19.7 Å². The van der Waals surface area contributed by atoms with E-state index in [1.807, 2.05) is 27.7 Å². The molecule has 0 aliphatic rings. The summed E-state index contributed by atoms with van der Waals surface area (Å²) >= 11 is 5.98. The predicted molar refractivity (Wildman–Crippen MR) is 129 cm³/mol. The molecule has 0 aliphatic heterocycles. The first-order valence-electron chi connectivity index (χ1n) is 10.8. The maximum absolute atomic E-state index is 13.2. The number of nitrogens with zero attached hydrogens (tertiary/aromatic N) is 2. The topological polar surface area (TPSA) is 111 Å². The third-order valence-electron chi connectivity index (χ3n) is 4.86. The summed E-state index contributed by atoms with van der Waals surface area (Å²) in [5, 5.41) is 14.6. The molecular weight excluding hydrogens is 462 g/mol. The maximum Gasteiger partial charge on any atom is 0.311 e. The van der Waals surface area contributed by atoms with E-state index in [4.69, 9.17) is 21.1 Å². The van der Waals surface area contributed by atoms with Crippen LogP contribution in [0.15, 0.2) is 42.5 Å². The van der Waals surface area contributed by atoms with Crippen LogP contribution >= 0.6 is 11.6 Å². The van der Waals surface area contributed by atoms with Crippen molar-refractivity contribution < 1.29 is 24.0 Å². The molecule has 0 bridgehead atoms. The van der Waals surface area contributed by atoms with Crippen LogP contribution in [0.1, 0.15) is 39.7 Å². The number of nitro groups is 1. The van der Waals surface area contributed by atoms with Crippen LogP contribution in [0.5, 0.6) is 11.5 Å². The molecule has 0 saturated heterocycles. The number of nitro benzene ring substituents is 1. The molecule has 0 radical (unpaired) electrons. The molecule has 0 aromatic heterocycles. The Hall–Kier alpha value is -3.33. The first kappa shape index (κ1) is 26.9. The van der Waals surface area contributed by atoms with Gasteiger partial charge in [0.2, 0.25) is 11.7 Å². The fourth-order valence-electron chi connectivity index (χ4n) is 3.29. The largest absolute Gasteiger partial charge is 0.490 e. The van der Waals surface area contributed by atoms with Crippen molar-refractivity contribution in [3.8, 4) is 11.5 Å². The Morgan fingerprint density at radius 1 is 1.18 bits per heavy atom. The van der Waals surface area contributed by atoms with Crippen LogP contribution in [0.4, 0.5) is 5.69 Å². The zero-order valence-electron chi connectivity index (χ0n) is 20.0. The Bertz CT molecular complexity index is 1020. The van der Waals surface area contributed by atoms with E-state index >= 15 is 0 Å². The van der Waals surface area contributed by atoms with E-state index in [-0.39, 0.29) is 36.2 Å². The average Bonchev–Trinajstić information content (AvgIpc) is 2.77. The predicted octanol–water partition coefficient (Wildman–Crippen LogP) is 4.36. The van der Waals surface area contributed by atoms with Crippen molar-refractivity contribution in [3.63, 3.8) is 0 Å². The Kier molecular flexibility index (Phi) is 9.26. The first-order chi connectivity index (χ1) is 15.9. The number of carbonyl (C=O) groups excluding carboxylic acids is 2. The van der Waals surface area contributed by atoms with Crippen LogP contribution in [0.25, 0.3) is 0 Å². The highest BCUT2D eigenvalue weighted by Gasteiger charge is 2.31. The highest BCUT2D eigenvalue weighted by atomic mass is 35.5. The van der Waals surface area contributed by atoms with E-state index in [0.29, 0.717) is 11.4 Å². The minimum absolute atomic E-state index is 0.0176. The van der Waals surface area contributed by atoms with E-state index < -0.39 is 22.4 Å². The van der Waals surface area contributed by atoms with E-state index in [1.165, 1.54) is 30.2 Å². The fraction of sp³-hybridized carbons (Fsp3) is 0.417. The number of hydrogen-bond donors (Lipinski definition) is 1. The number of methoxy groups -OCH3 is 1. The second-order valence-electron chi connectivity index (χ2n) is 8.69. The molecule has 0 aliphatic carbocycles. The molecule has 2 aromatic rings. The summed E-state index contributed by atoms with van der Waals surface area (Å²) in [4.78, 5) is 38.2. The lowest BCUT2D eigenvalue weighted by Gasteiger charge is -2.33. The van der Waals surface area contributed by atoms with Crippen LogP contribution in [-0.4, -0.2) is 46.9 Å². The van der Waals surface area contributed by atoms with E-state index in [0.717, 1.165) is 5.56 Å². The Labute approximate surface area is 204 Å². The van der Waals surface area contributed by atoms with Crippen molar-refractivity contribution in [1.82, 2.24) is 10.2 Å². The van der Waals surface area contributed by atoms with E-state index in [1.54, 1.807) is 24.3 Å². The van der Waals surface area contributed by atoms with Gasteiger partial charge in [0.15, 0.2) is 6.61 Å². The van der Waals surface area contributed by atoms with Crippen LogP contribution in [0, 0.1) is 10.1 Å². The summed E-state index contributed by atoms with van der Waals surface area (Å²) in [6, 6.07) is 10.3. The molecule has 2 rings (SSSR count). The van der Waals surface area contributed by atoms with Gasteiger partial charge in [-0.15, -0.1) is 0 Å². The molecule has 184 valence electrons. The second-order valence-corrected chi connectivity index (χ2v) is 9.13. The molecule has 0 spiro atoms. The molecule has 1 atom stereocenters. The highest BCUT2D eigenvalue weighted by molar-refractivity contribution is 6.30. The standard InChI is InChI=1S/C24H30ClN3O6/c1-6-19(23(30)26-24(2,3)4)27(14-16-7-9-17(25)10-8-16)22(29)15-34-18-11-12-20(28(31)32)21(13-18)33-5/h7-13,19H,6,14-15H2,1-5H3,(H,26,30). The van der Waals surface area contributed by atoms with Gasteiger partial charge in [-0.25, -0.2) is 0 Å². The molecule has 10 heteroatoms. The molecule has 2 aromatic carbocycles. The summed E-state index contributed by atoms with van der Waals surface area (Å²) in [6.07, 6.45) is 0.395. The lowest BCUT2D eigenvalue weighted by Crippen LogP contribution is -2.54. The third-order valence-corrected chi connectivity index (χ3v) is 5.11. The summed E-state index contributed by atoms with van der Waals surface area (Å²) in [5.41, 5.74) is 0.123. The van der Waals surface area contributed by atoms with Gasteiger partial charge in [0.25, 0.3) is 5.91 Å². The molecule has 0 saturated carbocycles. The van der Waals surface area contributed by atoms with Gasteiger partial charge in [-0.05, 0) is 51.0 Å². The van der Waals surface area contributed by atoms with Crippen molar-refractivity contribution >= 4 is 29.1 Å². The Balaban J connectivity index is 2.26. The number of nitrogens with one attached hydrogen (secondary N) is 1. The van der Waals surface area contributed by atoms with Gasteiger partial charge < -0.3 is 19.7 Å². The number of benzene rings is 2. The van der Waals surface area contributed by atoms with Gasteiger partial charge in [-0.2, -0.15) is 0 Å². The summed E-state index contributed by atoms with van der Waals surface area (Å²) < 4.78 is 10.7. The molecule has 0 fully saturated rings. The van der Waals surface area contributed by atoms with Gasteiger partial charge in [-0.1, -0.05) is 30.7 Å². The quantitative estimate of drug-likeness (QED) is 0.390. The van der Waals surface area contributed by atoms with Crippen LogP contribution in [0.3, 0.4) is 0 Å². The SMILES string of the molecule is CCC(C(=O)NC(C)(C)C)N(Cc1ccc(Cl)cc1)C(=O)COc1ccc([N+](=O)[O-])c(OC)c1. The zero-order chi connectivity index (χ0) is 25.5. The minimum atomic E-state index is -0.725. The molecular formula is C24H30ClN3O6. The van der Waals surface area contributed by atoms with Crippen molar-refractivity contribution in [2.24, 2.45) is 0 Å². The van der Waals surface area contributed by atoms with Gasteiger partial charge in [0, 0.05) is 29.2 Å². The molecule has 2 amide bonds. The van der Waals surface area contributed by atoms with Crippen molar-refractivity contribution in [3.05, 3.63) is 63.2 Å². The maximum atomic E-state index is 13.2. The fourth-order valence-corrected chi connectivity index (χ4v) is 3.41. The first-order valence-corrected chi connectivity index (χ1v) is 11.1. The number of ether oxygens (including phenoxy) is 2. The van der Waals surface area contributed by atoms with Gasteiger partial charge in [-0.3, -0.25) is 19.7 Å². The lowest BCUT2D eigenvalue weighted by atomic mass is 10.1. The number of carbonyl (C=O) groups is 2. The average molecular weight is 492 g/mol. The zero-order valence-corrected chi connectivity index (χ0v) is 20.7. The Morgan fingerprint density at radius 3 is 2.35 bits per heavy atom. The molecule has 0 heterocycles. The molecule has 34 heavy (non-hydrogen) atoms. The minimum Gasteiger partial charge on any atom is -0.490 e. The normalized spacial score (nSPS) is 11.9. The van der Waals surface area contributed by atoms with E-state index in [2.05, 4.69) is 5.32 Å². The number of halogens is 1. The lowest BCUT2D eigenvalue weighted by molar-refractivity contribution is -0.385. The van der Waals surface area contributed by atoms with Crippen molar-refractivity contribution in [2.45, 2.75) is 52.2 Å². The van der Waals surface area contributed by atoms with Crippen molar-refractivity contribution in [1.29, 1.82) is 0 Å². The monoisotopic (exact) mass is 491 g/mol. The van der Waals surface area contributed by atoms with Gasteiger partial charge >= 0.3 is 5.69 Å². The smallest absolute Gasteiger partial charge is 0.311 e.